The van der Waals surface area contributed by atoms with Crippen LogP contribution in [0.15, 0.2) is 0 Å². The molecule has 0 aromatic rings. The molecule has 2 aliphatic rings. The number of hydrogen-bond acceptors (Lipinski definition) is 3. The van der Waals surface area contributed by atoms with Gasteiger partial charge in [-0.25, -0.2) is 0 Å². The highest BCUT2D eigenvalue weighted by Crippen LogP contribution is 2.37. The van der Waals surface area contributed by atoms with Gasteiger partial charge < -0.3 is 5.73 Å². The van der Waals surface area contributed by atoms with Gasteiger partial charge in [0.15, 0.2) is 0 Å². The standard InChI is InChI=1S/C12H25N3O2S/c1-3-14(4-2)18(16,17)15-8-10-6-5-7-12(13)11(10)9-15/h10-12H,3-9,13H2,1-2H3. The molecule has 1 aliphatic carbocycles. The molecule has 2 fully saturated rings. The number of rotatable bonds is 4. The first-order chi connectivity index (χ1) is 8.50. The first kappa shape index (κ1) is 14.2. The first-order valence-corrected chi connectivity index (χ1v) is 8.41. The molecule has 0 spiro atoms. The Morgan fingerprint density at radius 1 is 1.22 bits per heavy atom. The van der Waals surface area contributed by atoms with Crippen molar-refractivity contribution in [1.82, 2.24) is 8.61 Å². The van der Waals surface area contributed by atoms with Gasteiger partial charge in [-0.3, -0.25) is 0 Å². The second-order valence-electron chi connectivity index (χ2n) is 5.43. The molecule has 18 heavy (non-hydrogen) atoms. The van der Waals surface area contributed by atoms with Gasteiger partial charge in [-0.05, 0) is 24.7 Å². The molecule has 3 unspecified atom stereocenters. The lowest BCUT2D eigenvalue weighted by atomic mass is 9.78. The minimum Gasteiger partial charge on any atom is -0.327 e. The van der Waals surface area contributed by atoms with Crippen LogP contribution in [0.4, 0.5) is 0 Å². The van der Waals surface area contributed by atoms with E-state index in [4.69, 9.17) is 5.73 Å². The molecule has 106 valence electrons. The highest BCUT2D eigenvalue weighted by molar-refractivity contribution is 7.86. The monoisotopic (exact) mass is 275 g/mol. The highest BCUT2D eigenvalue weighted by atomic mass is 32.2. The van der Waals surface area contributed by atoms with Crippen molar-refractivity contribution < 1.29 is 8.42 Å². The van der Waals surface area contributed by atoms with Gasteiger partial charge in [0.2, 0.25) is 0 Å². The lowest BCUT2D eigenvalue weighted by Crippen LogP contribution is -2.43. The largest absolute Gasteiger partial charge is 0.327 e. The van der Waals surface area contributed by atoms with E-state index in [2.05, 4.69) is 0 Å². The van der Waals surface area contributed by atoms with Crippen molar-refractivity contribution in [3.8, 4) is 0 Å². The Morgan fingerprint density at radius 2 is 1.89 bits per heavy atom. The maximum Gasteiger partial charge on any atom is 0.281 e. The Labute approximate surface area is 110 Å². The Hall–Kier alpha value is -0.170. The summed E-state index contributed by atoms with van der Waals surface area (Å²) < 4.78 is 28.1. The lowest BCUT2D eigenvalue weighted by molar-refractivity contribution is 0.260. The fourth-order valence-corrected chi connectivity index (χ4v) is 5.10. The van der Waals surface area contributed by atoms with Crippen molar-refractivity contribution in [2.24, 2.45) is 17.6 Å². The molecular weight excluding hydrogens is 250 g/mol. The molecular formula is C12H25N3O2S. The van der Waals surface area contributed by atoms with Crippen LogP contribution in [0.1, 0.15) is 33.1 Å². The van der Waals surface area contributed by atoms with Gasteiger partial charge >= 0.3 is 0 Å². The molecule has 0 aromatic carbocycles. The third kappa shape index (κ3) is 2.43. The Bertz CT molecular complexity index is 381. The molecule has 0 radical (unpaired) electrons. The van der Waals surface area contributed by atoms with E-state index in [1.165, 1.54) is 4.31 Å². The highest BCUT2D eigenvalue weighted by Gasteiger charge is 2.43. The molecule has 2 N–H and O–H groups in total. The molecule has 5 nitrogen and oxygen atoms in total. The minimum absolute atomic E-state index is 0.181. The Balaban J connectivity index is 2.12. The van der Waals surface area contributed by atoms with Crippen LogP contribution < -0.4 is 5.73 Å². The zero-order chi connectivity index (χ0) is 13.3. The molecule has 0 bridgehead atoms. The van der Waals surface area contributed by atoms with Crippen LogP contribution in [-0.4, -0.2) is 49.2 Å². The maximum atomic E-state index is 12.5. The van der Waals surface area contributed by atoms with Crippen LogP contribution in [0.2, 0.25) is 0 Å². The molecule has 6 heteroatoms. The first-order valence-electron chi connectivity index (χ1n) is 7.01. The predicted molar refractivity (Wildman–Crippen MR) is 72.2 cm³/mol. The van der Waals surface area contributed by atoms with Crippen LogP contribution in [0.25, 0.3) is 0 Å². The van der Waals surface area contributed by atoms with Gasteiger partial charge in [0.05, 0.1) is 0 Å². The van der Waals surface area contributed by atoms with Crippen molar-refractivity contribution in [3.05, 3.63) is 0 Å². The second kappa shape index (κ2) is 5.45. The van der Waals surface area contributed by atoms with Crippen LogP contribution in [0.3, 0.4) is 0 Å². The summed E-state index contributed by atoms with van der Waals surface area (Å²) in [6.07, 6.45) is 3.31. The lowest BCUT2D eigenvalue weighted by Gasteiger charge is -2.29. The summed E-state index contributed by atoms with van der Waals surface area (Å²) in [5.41, 5.74) is 6.13. The topological polar surface area (TPSA) is 66.6 Å². The summed E-state index contributed by atoms with van der Waals surface area (Å²) >= 11 is 0. The van der Waals surface area contributed by atoms with Crippen LogP contribution >= 0.6 is 0 Å². The van der Waals surface area contributed by atoms with Crippen molar-refractivity contribution in [3.63, 3.8) is 0 Å². The number of hydrogen-bond donors (Lipinski definition) is 1. The van der Waals surface area contributed by atoms with Crippen molar-refractivity contribution in [2.75, 3.05) is 26.2 Å². The van der Waals surface area contributed by atoms with Crippen molar-refractivity contribution >= 4 is 10.2 Å². The van der Waals surface area contributed by atoms with Crippen LogP contribution in [-0.2, 0) is 10.2 Å². The molecule has 1 saturated heterocycles. The predicted octanol–water partition coefficient (Wildman–Crippen LogP) is 0.632. The van der Waals surface area contributed by atoms with Gasteiger partial charge in [0.25, 0.3) is 10.2 Å². The van der Waals surface area contributed by atoms with Gasteiger partial charge in [0, 0.05) is 32.2 Å². The zero-order valence-corrected chi connectivity index (χ0v) is 12.2. The third-order valence-electron chi connectivity index (χ3n) is 4.48. The zero-order valence-electron chi connectivity index (χ0n) is 11.4. The van der Waals surface area contributed by atoms with Gasteiger partial charge in [-0.1, -0.05) is 20.3 Å². The normalized spacial score (nSPS) is 33.9. The van der Waals surface area contributed by atoms with E-state index in [9.17, 15) is 8.42 Å². The van der Waals surface area contributed by atoms with Gasteiger partial charge in [-0.15, -0.1) is 0 Å². The molecule has 3 atom stereocenters. The van der Waals surface area contributed by atoms with E-state index in [0.29, 0.717) is 38.0 Å². The van der Waals surface area contributed by atoms with Gasteiger partial charge in [-0.2, -0.15) is 17.0 Å². The molecule has 0 amide bonds. The summed E-state index contributed by atoms with van der Waals surface area (Å²) in [6, 6.07) is 0.181. The average molecular weight is 275 g/mol. The molecule has 1 aliphatic heterocycles. The smallest absolute Gasteiger partial charge is 0.281 e. The van der Waals surface area contributed by atoms with E-state index in [1.807, 2.05) is 13.8 Å². The van der Waals surface area contributed by atoms with Gasteiger partial charge in [0.1, 0.15) is 0 Å². The third-order valence-corrected chi connectivity index (χ3v) is 6.60. The summed E-state index contributed by atoms with van der Waals surface area (Å²) in [7, 11) is -3.27. The molecule has 1 saturated carbocycles. The second-order valence-corrected chi connectivity index (χ2v) is 7.36. The summed E-state index contributed by atoms with van der Waals surface area (Å²) in [5.74, 6) is 0.836. The number of nitrogens with two attached hydrogens (primary N) is 1. The molecule has 2 rings (SSSR count). The summed E-state index contributed by atoms with van der Waals surface area (Å²) in [6.45, 7) is 6.13. The summed E-state index contributed by atoms with van der Waals surface area (Å²) in [4.78, 5) is 0. The van der Waals surface area contributed by atoms with Crippen LogP contribution in [0.5, 0.6) is 0 Å². The SMILES string of the molecule is CCN(CC)S(=O)(=O)N1CC2CCCC(N)C2C1. The van der Waals surface area contributed by atoms with E-state index in [-0.39, 0.29) is 6.04 Å². The fourth-order valence-electron chi connectivity index (χ4n) is 3.38. The van der Waals surface area contributed by atoms with E-state index in [0.717, 1.165) is 19.3 Å². The van der Waals surface area contributed by atoms with E-state index in [1.54, 1.807) is 4.31 Å². The average Bonchev–Trinajstić information content (AvgIpc) is 2.76. The Morgan fingerprint density at radius 3 is 2.44 bits per heavy atom. The number of fused-ring (bicyclic) bond motifs is 1. The van der Waals surface area contributed by atoms with E-state index < -0.39 is 10.2 Å². The molecule has 1 heterocycles. The van der Waals surface area contributed by atoms with Crippen LogP contribution in [0, 0.1) is 11.8 Å². The minimum atomic E-state index is -3.27. The fraction of sp³-hybridized carbons (Fsp3) is 1.00. The molecule has 0 aromatic heterocycles. The maximum absolute atomic E-state index is 12.5. The number of nitrogens with zero attached hydrogens (tertiary/aromatic N) is 2. The Kier molecular flexibility index (Phi) is 4.31. The summed E-state index contributed by atoms with van der Waals surface area (Å²) in [5, 5.41) is 0. The van der Waals surface area contributed by atoms with E-state index >= 15 is 0 Å². The van der Waals surface area contributed by atoms with Crippen molar-refractivity contribution in [1.29, 1.82) is 0 Å². The van der Waals surface area contributed by atoms with Crippen molar-refractivity contribution in [2.45, 2.75) is 39.2 Å². The quantitative estimate of drug-likeness (QED) is 0.818.